The normalized spacial score (nSPS) is 15.8. The summed E-state index contributed by atoms with van der Waals surface area (Å²) in [4.78, 5) is 0. The van der Waals surface area contributed by atoms with Crippen molar-refractivity contribution in [1.29, 1.82) is 0 Å². The molecule has 1 aliphatic rings. The molecule has 0 fully saturated rings. The van der Waals surface area contributed by atoms with Gasteiger partial charge in [-0.3, -0.25) is 0 Å². The van der Waals surface area contributed by atoms with Gasteiger partial charge in [-0.05, 0) is 54.9 Å². The van der Waals surface area contributed by atoms with Crippen molar-refractivity contribution in [3.8, 4) is 11.1 Å². The van der Waals surface area contributed by atoms with E-state index in [2.05, 4.69) is 71.0 Å². The minimum Gasteiger partial charge on any atom is -0.327 e. The van der Waals surface area contributed by atoms with Crippen LogP contribution in [0.15, 0.2) is 36.4 Å². The SMILES string of the molecule is CCCCCCCC(N)C1([C@@H](C)CCCCCCC)c2cc(C)ccc2-c2ccc(C)cc21. The molecule has 33 heavy (non-hydrogen) atoms. The first-order valence-electron chi connectivity index (χ1n) is 13.9. The van der Waals surface area contributed by atoms with Crippen LogP contribution in [0.2, 0.25) is 0 Å². The van der Waals surface area contributed by atoms with Crippen LogP contribution in [0.3, 0.4) is 0 Å². The van der Waals surface area contributed by atoms with Gasteiger partial charge in [0.05, 0.1) is 0 Å². The Morgan fingerprint density at radius 3 is 1.61 bits per heavy atom. The molecule has 2 aromatic carbocycles. The van der Waals surface area contributed by atoms with Crippen LogP contribution in [0.4, 0.5) is 0 Å². The summed E-state index contributed by atoms with van der Waals surface area (Å²) >= 11 is 0. The van der Waals surface area contributed by atoms with Gasteiger partial charge in [0.2, 0.25) is 0 Å². The van der Waals surface area contributed by atoms with Crippen molar-refractivity contribution < 1.29 is 0 Å². The quantitative estimate of drug-likeness (QED) is 0.287. The number of nitrogens with two attached hydrogens (primary N) is 1. The van der Waals surface area contributed by atoms with E-state index in [1.54, 1.807) is 0 Å². The highest BCUT2D eigenvalue weighted by Crippen LogP contribution is 2.56. The molecule has 0 heterocycles. The zero-order valence-electron chi connectivity index (χ0n) is 22.2. The Kier molecular flexibility index (Phi) is 9.62. The van der Waals surface area contributed by atoms with Crippen molar-refractivity contribution in [2.75, 3.05) is 0 Å². The summed E-state index contributed by atoms with van der Waals surface area (Å²) in [5.41, 5.74) is 15.8. The summed E-state index contributed by atoms with van der Waals surface area (Å²) in [6.07, 6.45) is 15.6. The lowest BCUT2D eigenvalue weighted by molar-refractivity contribution is 0.257. The van der Waals surface area contributed by atoms with E-state index in [4.69, 9.17) is 5.73 Å². The Hall–Kier alpha value is -1.60. The van der Waals surface area contributed by atoms with Gasteiger partial charge in [-0.25, -0.2) is 0 Å². The highest BCUT2D eigenvalue weighted by molar-refractivity contribution is 5.82. The lowest BCUT2D eigenvalue weighted by atomic mass is 9.62. The monoisotopic (exact) mass is 447 g/mol. The van der Waals surface area contributed by atoms with Gasteiger partial charge in [-0.15, -0.1) is 0 Å². The highest BCUT2D eigenvalue weighted by atomic mass is 14.7. The summed E-state index contributed by atoms with van der Waals surface area (Å²) < 4.78 is 0. The molecular weight excluding hydrogens is 398 g/mol. The first kappa shape index (κ1) is 26.0. The lowest BCUT2D eigenvalue weighted by Crippen LogP contribution is -2.49. The molecule has 2 aromatic rings. The number of unbranched alkanes of at least 4 members (excludes halogenated alkanes) is 8. The van der Waals surface area contributed by atoms with E-state index >= 15 is 0 Å². The molecule has 1 unspecified atom stereocenters. The number of benzene rings is 2. The molecule has 0 saturated carbocycles. The Balaban J connectivity index is 1.99. The summed E-state index contributed by atoms with van der Waals surface area (Å²) in [6, 6.07) is 14.4. The van der Waals surface area contributed by atoms with Crippen LogP contribution in [-0.2, 0) is 5.41 Å². The molecule has 2 N–H and O–H groups in total. The average Bonchev–Trinajstić information content (AvgIpc) is 3.08. The Morgan fingerprint density at radius 2 is 1.12 bits per heavy atom. The molecule has 0 spiro atoms. The minimum atomic E-state index is -0.0712. The fraction of sp³-hybridized carbons (Fsp3) is 0.625. The molecule has 0 saturated heterocycles. The fourth-order valence-corrected chi connectivity index (χ4v) is 6.39. The van der Waals surface area contributed by atoms with Gasteiger partial charge in [0, 0.05) is 11.5 Å². The van der Waals surface area contributed by atoms with Gasteiger partial charge < -0.3 is 5.73 Å². The highest BCUT2D eigenvalue weighted by Gasteiger charge is 2.50. The van der Waals surface area contributed by atoms with Crippen LogP contribution < -0.4 is 5.73 Å². The lowest BCUT2D eigenvalue weighted by Gasteiger charge is -2.43. The van der Waals surface area contributed by atoms with E-state index in [0.717, 1.165) is 6.42 Å². The predicted molar refractivity (Wildman–Crippen MR) is 146 cm³/mol. The van der Waals surface area contributed by atoms with Crippen LogP contribution in [-0.4, -0.2) is 6.04 Å². The number of hydrogen-bond acceptors (Lipinski definition) is 1. The second-order valence-corrected chi connectivity index (χ2v) is 10.9. The van der Waals surface area contributed by atoms with Crippen molar-refractivity contribution in [2.45, 2.75) is 123 Å². The third-order valence-corrected chi connectivity index (χ3v) is 8.25. The number of fused-ring (bicyclic) bond motifs is 3. The van der Waals surface area contributed by atoms with Crippen LogP contribution in [0.5, 0.6) is 0 Å². The van der Waals surface area contributed by atoms with Gasteiger partial charge in [0.1, 0.15) is 0 Å². The van der Waals surface area contributed by atoms with E-state index < -0.39 is 0 Å². The third-order valence-electron chi connectivity index (χ3n) is 8.25. The maximum atomic E-state index is 7.31. The van der Waals surface area contributed by atoms with E-state index in [1.807, 2.05) is 0 Å². The van der Waals surface area contributed by atoms with Gasteiger partial charge in [0.15, 0.2) is 0 Å². The summed E-state index contributed by atoms with van der Waals surface area (Å²) in [5.74, 6) is 0.536. The standard InChI is InChI=1S/C32H49N/c1-6-8-10-12-14-16-26(5)32(31(33)17-15-13-11-9-7-2)29-22-24(3)18-20-27(29)28-21-19-25(4)23-30(28)32/h18-23,26,31H,6-17,33H2,1-5H3/t26-,31?/m0/s1. The molecular formula is C32H49N. The van der Waals surface area contributed by atoms with Crippen molar-refractivity contribution >= 4 is 0 Å². The minimum absolute atomic E-state index is 0.0712. The smallest absolute Gasteiger partial charge is 0.0391 e. The first-order valence-corrected chi connectivity index (χ1v) is 13.9. The molecule has 0 radical (unpaired) electrons. The molecule has 2 atom stereocenters. The maximum Gasteiger partial charge on any atom is 0.0391 e. The van der Waals surface area contributed by atoms with Crippen molar-refractivity contribution in [3.63, 3.8) is 0 Å². The summed E-state index contributed by atoms with van der Waals surface area (Å²) in [5, 5.41) is 0. The van der Waals surface area contributed by atoms with Crippen molar-refractivity contribution in [3.05, 3.63) is 58.7 Å². The van der Waals surface area contributed by atoms with Crippen molar-refractivity contribution in [1.82, 2.24) is 0 Å². The fourth-order valence-electron chi connectivity index (χ4n) is 6.39. The van der Waals surface area contributed by atoms with Crippen LogP contribution in [0, 0.1) is 19.8 Å². The topological polar surface area (TPSA) is 26.0 Å². The predicted octanol–water partition coefficient (Wildman–Crippen LogP) is 9.25. The average molecular weight is 448 g/mol. The Labute approximate surface area is 204 Å². The van der Waals surface area contributed by atoms with Gasteiger partial charge in [-0.1, -0.05) is 133 Å². The molecule has 0 bridgehead atoms. The van der Waals surface area contributed by atoms with Gasteiger partial charge in [-0.2, -0.15) is 0 Å². The molecule has 182 valence electrons. The van der Waals surface area contributed by atoms with Crippen LogP contribution in [0.25, 0.3) is 11.1 Å². The molecule has 0 aliphatic heterocycles. The second kappa shape index (κ2) is 12.2. The van der Waals surface area contributed by atoms with Gasteiger partial charge in [0.25, 0.3) is 0 Å². The van der Waals surface area contributed by atoms with Crippen molar-refractivity contribution in [2.24, 2.45) is 11.7 Å². The molecule has 0 amide bonds. The number of hydrogen-bond donors (Lipinski definition) is 1. The Bertz CT molecular complexity index is 807. The van der Waals surface area contributed by atoms with E-state index in [-0.39, 0.29) is 11.5 Å². The molecule has 1 nitrogen and oxygen atoms in total. The summed E-state index contributed by atoms with van der Waals surface area (Å²) in [6.45, 7) is 11.6. The molecule has 0 aromatic heterocycles. The van der Waals surface area contributed by atoms with Crippen LogP contribution >= 0.6 is 0 Å². The number of rotatable bonds is 14. The number of aryl methyl sites for hydroxylation is 2. The molecule has 1 heteroatoms. The first-order chi connectivity index (χ1) is 16.0. The van der Waals surface area contributed by atoms with E-state index in [1.165, 1.54) is 104 Å². The molecule has 1 aliphatic carbocycles. The van der Waals surface area contributed by atoms with Gasteiger partial charge >= 0.3 is 0 Å². The second-order valence-electron chi connectivity index (χ2n) is 10.9. The Morgan fingerprint density at radius 1 is 0.667 bits per heavy atom. The maximum absolute atomic E-state index is 7.31. The third kappa shape index (κ3) is 5.56. The van der Waals surface area contributed by atoms with E-state index in [0.29, 0.717) is 5.92 Å². The zero-order valence-corrected chi connectivity index (χ0v) is 22.2. The zero-order chi connectivity index (χ0) is 23.8. The summed E-state index contributed by atoms with van der Waals surface area (Å²) in [7, 11) is 0. The van der Waals surface area contributed by atoms with Crippen LogP contribution in [0.1, 0.15) is 120 Å². The largest absolute Gasteiger partial charge is 0.327 e. The van der Waals surface area contributed by atoms with E-state index in [9.17, 15) is 0 Å². The molecule has 3 rings (SSSR count).